The van der Waals surface area contributed by atoms with E-state index in [-0.39, 0.29) is 0 Å². The van der Waals surface area contributed by atoms with E-state index >= 15 is 0 Å². The molecular weight excluding hydrogens is 326 g/mol. The van der Waals surface area contributed by atoms with Crippen LogP contribution in [0.1, 0.15) is 16.8 Å². The Morgan fingerprint density at radius 2 is 2.16 bits per heavy atom. The van der Waals surface area contributed by atoms with Gasteiger partial charge in [0.25, 0.3) is 0 Å². The highest BCUT2D eigenvalue weighted by Crippen LogP contribution is 2.25. The van der Waals surface area contributed by atoms with Crippen LogP contribution in [-0.4, -0.2) is 16.8 Å². The Kier molecular flexibility index (Phi) is 4.53. The maximum absolute atomic E-state index is 6.04. The molecule has 3 nitrogen and oxygen atoms in total. The molecule has 0 amide bonds. The molecule has 0 fully saturated rings. The van der Waals surface area contributed by atoms with Crippen molar-refractivity contribution >= 4 is 33.3 Å². The summed E-state index contributed by atoms with van der Waals surface area (Å²) < 4.78 is 2.99. The summed E-state index contributed by atoms with van der Waals surface area (Å²) in [5, 5.41) is 4.44. The fourth-order valence-corrected chi connectivity index (χ4v) is 3.07. The molecule has 1 aromatic carbocycles. The normalized spacial score (nSPS) is 10.8. The first-order chi connectivity index (χ1) is 9.02. The fourth-order valence-electron chi connectivity index (χ4n) is 2.31. The van der Waals surface area contributed by atoms with Crippen molar-refractivity contribution in [2.24, 2.45) is 7.05 Å². The molecule has 0 saturated carbocycles. The second-order valence-corrected chi connectivity index (χ2v) is 5.81. The van der Waals surface area contributed by atoms with E-state index in [9.17, 15) is 0 Å². The van der Waals surface area contributed by atoms with Crippen molar-refractivity contribution in [1.29, 1.82) is 0 Å². The molecule has 0 spiro atoms. The summed E-state index contributed by atoms with van der Waals surface area (Å²) in [5.74, 6) is 1.56. The van der Waals surface area contributed by atoms with Crippen molar-refractivity contribution in [2.45, 2.75) is 19.3 Å². The molecule has 0 bridgehead atoms. The minimum atomic E-state index is 0.484. The summed E-state index contributed by atoms with van der Waals surface area (Å²) in [6, 6.07) is 8.32. The van der Waals surface area contributed by atoms with Gasteiger partial charge in [-0.15, -0.1) is 11.6 Å². The van der Waals surface area contributed by atoms with Gasteiger partial charge in [-0.2, -0.15) is 5.10 Å². The van der Waals surface area contributed by atoms with Gasteiger partial charge in [-0.05, 0) is 24.6 Å². The average molecular weight is 343 g/mol. The third-order valence-electron chi connectivity index (χ3n) is 3.12. The lowest BCUT2D eigenvalue weighted by molar-refractivity contribution is 0.726. The molecule has 1 heterocycles. The molecule has 0 atom stereocenters. The Labute approximate surface area is 127 Å². The summed E-state index contributed by atoms with van der Waals surface area (Å²) in [4.78, 5) is 2.18. The number of aromatic nitrogens is 2. The Bertz CT molecular complexity index is 580. The first-order valence-electron chi connectivity index (χ1n) is 6.07. The monoisotopic (exact) mass is 341 g/mol. The Balaban J connectivity index is 2.27. The molecule has 0 N–H and O–H groups in total. The zero-order valence-electron chi connectivity index (χ0n) is 11.3. The fraction of sp³-hybridized carbons (Fsp3) is 0.357. The van der Waals surface area contributed by atoms with E-state index < -0.39 is 0 Å². The predicted octanol–water partition coefficient (Wildman–Crippen LogP) is 3.87. The minimum Gasteiger partial charge on any atom is -0.355 e. The third-order valence-corrected chi connectivity index (χ3v) is 3.88. The maximum Gasteiger partial charge on any atom is 0.131 e. The molecule has 102 valence electrons. The molecule has 0 aliphatic rings. The van der Waals surface area contributed by atoms with E-state index in [1.807, 2.05) is 30.8 Å². The molecular formula is C14H17BrClN3. The number of aryl methyl sites for hydroxylation is 2. The number of nitrogens with zero attached hydrogens (tertiary/aromatic N) is 3. The first kappa shape index (κ1) is 14.4. The number of rotatable bonds is 4. The number of anilines is 1. The van der Waals surface area contributed by atoms with Crippen LogP contribution in [0.2, 0.25) is 0 Å². The Hall–Kier alpha value is -1.000. The van der Waals surface area contributed by atoms with Crippen molar-refractivity contribution in [2.75, 3.05) is 11.9 Å². The molecule has 0 radical (unpaired) electrons. The molecule has 0 aliphatic heterocycles. The average Bonchev–Trinajstić information content (AvgIpc) is 2.63. The van der Waals surface area contributed by atoms with Gasteiger partial charge in [0.1, 0.15) is 5.82 Å². The highest BCUT2D eigenvalue weighted by Gasteiger charge is 2.16. The lowest BCUT2D eigenvalue weighted by atomic mass is 10.2. The zero-order chi connectivity index (χ0) is 14.0. The van der Waals surface area contributed by atoms with Gasteiger partial charge in [0.05, 0.1) is 11.6 Å². The highest BCUT2D eigenvalue weighted by atomic mass is 79.9. The second kappa shape index (κ2) is 5.97. The van der Waals surface area contributed by atoms with E-state index in [0.29, 0.717) is 5.88 Å². The van der Waals surface area contributed by atoms with Gasteiger partial charge in [-0.3, -0.25) is 4.68 Å². The number of benzene rings is 1. The van der Waals surface area contributed by atoms with E-state index in [2.05, 4.69) is 45.1 Å². The summed E-state index contributed by atoms with van der Waals surface area (Å²) in [6.07, 6.45) is 0. The van der Waals surface area contributed by atoms with E-state index in [1.165, 1.54) is 5.56 Å². The molecule has 2 aromatic rings. The molecule has 1 aromatic heterocycles. The van der Waals surface area contributed by atoms with Crippen molar-refractivity contribution in [3.05, 3.63) is 45.6 Å². The summed E-state index contributed by atoms with van der Waals surface area (Å²) >= 11 is 9.53. The predicted molar refractivity (Wildman–Crippen MR) is 83.8 cm³/mol. The summed E-state index contributed by atoms with van der Waals surface area (Å²) in [5.41, 5.74) is 3.34. The van der Waals surface area contributed by atoms with Crippen LogP contribution in [-0.2, 0) is 19.5 Å². The van der Waals surface area contributed by atoms with Gasteiger partial charge in [0, 0.05) is 30.7 Å². The lowest BCUT2D eigenvalue weighted by Gasteiger charge is -2.21. The molecule has 5 heteroatoms. The van der Waals surface area contributed by atoms with Crippen molar-refractivity contribution in [3.8, 4) is 0 Å². The Morgan fingerprint density at radius 3 is 2.79 bits per heavy atom. The van der Waals surface area contributed by atoms with Gasteiger partial charge in [0.2, 0.25) is 0 Å². The van der Waals surface area contributed by atoms with E-state index in [4.69, 9.17) is 11.6 Å². The third kappa shape index (κ3) is 3.12. The molecule has 0 unspecified atom stereocenters. The largest absolute Gasteiger partial charge is 0.355 e. The quantitative estimate of drug-likeness (QED) is 0.787. The molecule has 19 heavy (non-hydrogen) atoms. The topological polar surface area (TPSA) is 21.1 Å². The molecule has 0 saturated heterocycles. The zero-order valence-corrected chi connectivity index (χ0v) is 13.7. The molecule has 0 aliphatic carbocycles. The molecule has 2 rings (SSSR count). The first-order valence-corrected chi connectivity index (χ1v) is 7.39. The second-order valence-electron chi connectivity index (χ2n) is 4.63. The van der Waals surface area contributed by atoms with Gasteiger partial charge in [-0.25, -0.2) is 0 Å². The lowest BCUT2D eigenvalue weighted by Crippen LogP contribution is -2.20. The van der Waals surface area contributed by atoms with E-state index in [0.717, 1.165) is 28.1 Å². The van der Waals surface area contributed by atoms with E-state index in [1.54, 1.807) is 0 Å². The van der Waals surface area contributed by atoms with Gasteiger partial charge in [-0.1, -0.05) is 28.1 Å². The standard InChI is InChI=1S/C14H17BrClN3/c1-10-13(8-16)14(19(3)17-10)18(2)9-11-5-4-6-12(15)7-11/h4-7H,8-9H2,1-3H3. The number of alkyl halides is 1. The van der Waals surface area contributed by atoms with Crippen molar-refractivity contribution < 1.29 is 0 Å². The smallest absolute Gasteiger partial charge is 0.131 e. The van der Waals surface area contributed by atoms with Crippen LogP contribution in [0.15, 0.2) is 28.7 Å². The van der Waals surface area contributed by atoms with Crippen LogP contribution < -0.4 is 4.90 Å². The van der Waals surface area contributed by atoms with Crippen LogP contribution in [0.5, 0.6) is 0 Å². The maximum atomic E-state index is 6.04. The van der Waals surface area contributed by atoms with Crippen LogP contribution in [0.3, 0.4) is 0 Å². The minimum absolute atomic E-state index is 0.484. The van der Waals surface area contributed by atoms with Crippen LogP contribution in [0, 0.1) is 6.92 Å². The van der Waals surface area contributed by atoms with Gasteiger partial charge in [0.15, 0.2) is 0 Å². The van der Waals surface area contributed by atoms with Gasteiger partial charge >= 0.3 is 0 Å². The van der Waals surface area contributed by atoms with Crippen LogP contribution >= 0.6 is 27.5 Å². The number of hydrogen-bond acceptors (Lipinski definition) is 2. The summed E-state index contributed by atoms with van der Waals surface area (Å²) in [7, 11) is 4.02. The van der Waals surface area contributed by atoms with Crippen molar-refractivity contribution in [3.63, 3.8) is 0 Å². The Morgan fingerprint density at radius 1 is 1.42 bits per heavy atom. The SMILES string of the molecule is Cc1nn(C)c(N(C)Cc2cccc(Br)c2)c1CCl. The highest BCUT2D eigenvalue weighted by molar-refractivity contribution is 9.10. The van der Waals surface area contributed by atoms with Crippen LogP contribution in [0.4, 0.5) is 5.82 Å². The number of hydrogen-bond donors (Lipinski definition) is 0. The summed E-state index contributed by atoms with van der Waals surface area (Å²) in [6.45, 7) is 2.82. The number of halogens is 2. The van der Waals surface area contributed by atoms with Crippen LogP contribution in [0.25, 0.3) is 0 Å². The van der Waals surface area contributed by atoms with Gasteiger partial charge < -0.3 is 4.90 Å². The van der Waals surface area contributed by atoms with Crippen molar-refractivity contribution in [1.82, 2.24) is 9.78 Å².